The van der Waals surface area contributed by atoms with E-state index in [2.05, 4.69) is 89.5 Å². The lowest BCUT2D eigenvalue weighted by Gasteiger charge is -2.37. The van der Waals surface area contributed by atoms with Crippen LogP contribution in [0.5, 0.6) is 0 Å². The van der Waals surface area contributed by atoms with Gasteiger partial charge in [0.2, 0.25) is 5.91 Å². The quantitative estimate of drug-likeness (QED) is 0.296. The summed E-state index contributed by atoms with van der Waals surface area (Å²) in [5.74, 6) is 0.609. The minimum Gasteiger partial charge on any atom is -0.340 e. The Kier molecular flexibility index (Phi) is 13.6. The topological polar surface area (TPSA) is 23.6 Å². The maximum Gasteiger partial charge on any atom is 0.223 e. The Morgan fingerprint density at radius 1 is 0.781 bits per heavy atom. The highest BCUT2D eigenvalue weighted by Crippen LogP contribution is 2.21. The van der Waals surface area contributed by atoms with Gasteiger partial charge in [0.05, 0.1) is 0 Å². The van der Waals surface area contributed by atoms with Crippen LogP contribution in [0.15, 0.2) is 46.6 Å². The molecule has 1 unspecified atom stereocenters. The van der Waals surface area contributed by atoms with Crippen LogP contribution in [0, 0.1) is 5.92 Å². The summed E-state index contributed by atoms with van der Waals surface area (Å²) in [6.07, 6.45) is 15.3. The summed E-state index contributed by atoms with van der Waals surface area (Å²) >= 11 is 0. The van der Waals surface area contributed by atoms with Crippen LogP contribution in [0.25, 0.3) is 0 Å². The van der Waals surface area contributed by atoms with Gasteiger partial charge in [-0.05, 0) is 93.4 Å². The third kappa shape index (κ3) is 12.4. The van der Waals surface area contributed by atoms with E-state index in [9.17, 15) is 4.79 Å². The number of carbonyl (C=O) groups is 1. The first kappa shape index (κ1) is 28.4. The van der Waals surface area contributed by atoms with Crippen molar-refractivity contribution in [1.29, 1.82) is 0 Å². The molecule has 1 amide bonds. The van der Waals surface area contributed by atoms with Crippen molar-refractivity contribution in [3.63, 3.8) is 0 Å². The molecule has 3 heteroatoms. The van der Waals surface area contributed by atoms with E-state index in [0.29, 0.717) is 18.4 Å². The molecule has 1 rings (SSSR count). The van der Waals surface area contributed by atoms with Gasteiger partial charge in [-0.1, -0.05) is 46.6 Å². The molecule has 1 atom stereocenters. The van der Waals surface area contributed by atoms with Crippen LogP contribution in [-0.2, 0) is 4.79 Å². The molecule has 1 fully saturated rings. The molecule has 0 aromatic heterocycles. The fourth-order valence-electron chi connectivity index (χ4n) is 4.17. The predicted molar refractivity (Wildman–Crippen MR) is 141 cm³/mol. The minimum absolute atomic E-state index is 0.288. The number of rotatable bonds is 12. The number of hydrogen-bond donors (Lipinski definition) is 0. The first-order valence-corrected chi connectivity index (χ1v) is 12.7. The van der Waals surface area contributed by atoms with E-state index < -0.39 is 0 Å². The molecule has 0 aromatic carbocycles. The highest BCUT2D eigenvalue weighted by Gasteiger charge is 2.23. The maximum absolute atomic E-state index is 13.1. The van der Waals surface area contributed by atoms with E-state index in [1.165, 1.54) is 22.3 Å². The van der Waals surface area contributed by atoms with Gasteiger partial charge in [0.1, 0.15) is 0 Å². The zero-order valence-electron chi connectivity index (χ0n) is 22.3. The highest BCUT2D eigenvalue weighted by molar-refractivity contribution is 5.76. The molecule has 1 aliphatic rings. The Labute approximate surface area is 199 Å². The minimum atomic E-state index is 0.288. The van der Waals surface area contributed by atoms with Crippen molar-refractivity contribution < 1.29 is 4.79 Å². The van der Waals surface area contributed by atoms with Gasteiger partial charge in [0.25, 0.3) is 0 Å². The monoisotopic (exact) mass is 442 g/mol. The summed E-state index contributed by atoms with van der Waals surface area (Å²) in [5.41, 5.74) is 5.59. The van der Waals surface area contributed by atoms with Crippen molar-refractivity contribution in [3.8, 4) is 0 Å². The number of carbonyl (C=O) groups excluding carboxylic acids is 1. The lowest BCUT2D eigenvalue weighted by atomic mass is 9.94. The Bertz CT molecular complexity index is 680. The normalized spacial score (nSPS) is 16.8. The molecule has 0 radical (unpaired) electrons. The second kappa shape index (κ2) is 15.3. The fourth-order valence-corrected chi connectivity index (χ4v) is 4.17. The van der Waals surface area contributed by atoms with Gasteiger partial charge < -0.3 is 4.90 Å². The summed E-state index contributed by atoms with van der Waals surface area (Å²) < 4.78 is 0. The first-order valence-electron chi connectivity index (χ1n) is 12.7. The smallest absolute Gasteiger partial charge is 0.223 e. The number of piperazine rings is 1. The lowest BCUT2D eigenvalue weighted by molar-refractivity contribution is -0.133. The average Bonchev–Trinajstić information content (AvgIpc) is 2.71. The summed E-state index contributed by atoms with van der Waals surface area (Å²) in [6, 6.07) is 0.561. The molecule has 1 heterocycles. The van der Waals surface area contributed by atoms with Gasteiger partial charge in [0.15, 0.2) is 0 Å². The highest BCUT2D eigenvalue weighted by atomic mass is 16.2. The number of hydrogen-bond acceptors (Lipinski definition) is 2. The number of amides is 1. The molecular formula is C29H50N2O. The van der Waals surface area contributed by atoms with Crippen LogP contribution in [-0.4, -0.2) is 47.9 Å². The van der Waals surface area contributed by atoms with Crippen molar-refractivity contribution in [2.45, 2.75) is 100.0 Å². The second-order valence-corrected chi connectivity index (χ2v) is 10.4. The molecular weight excluding hydrogens is 392 g/mol. The molecule has 0 aromatic rings. The maximum atomic E-state index is 13.1. The van der Waals surface area contributed by atoms with Crippen molar-refractivity contribution in [3.05, 3.63) is 46.6 Å². The Hall–Kier alpha value is -1.61. The van der Waals surface area contributed by atoms with E-state index >= 15 is 0 Å². The summed E-state index contributed by atoms with van der Waals surface area (Å²) in [7, 11) is 0. The van der Waals surface area contributed by atoms with Crippen molar-refractivity contribution in [2.24, 2.45) is 5.92 Å². The average molecular weight is 443 g/mol. The molecule has 0 bridgehead atoms. The van der Waals surface area contributed by atoms with Gasteiger partial charge in [-0.15, -0.1) is 0 Å². The fraction of sp³-hybridized carbons (Fsp3) is 0.690. The molecule has 3 nitrogen and oxygen atoms in total. The number of nitrogens with zero attached hydrogens (tertiary/aromatic N) is 2. The molecule has 0 spiro atoms. The second-order valence-electron chi connectivity index (χ2n) is 10.4. The SMILES string of the molecule is CC(C)=CCC/C(C)=C/CC(/C=C(\C)CCC=C(C)C)CC(=O)N1CCN(C(C)C)CC1. The van der Waals surface area contributed by atoms with E-state index in [1.54, 1.807) is 0 Å². The Morgan fingerprint density at radius 2 is 1.31 bits per heavy atom. The van der Waals surface area contributed by atoms with E-state index in [4.69, 9.17) is 0 Å². The van der Waals surface area contributed by atoms with Crippen LogP contribution in [0.3, 0.4) is 0 Å². The van der Waals surface area contributed by atoms with Crippen LogP contribution in [0.2, 0.25) is 0 Å². The first-order chi connectivity index (χ1) is 15.1. The molecule has 1 aliphatic heterocycles. The van der Waals surface area contributed by atoms with Crippen molar-refractivity contribution >= 4 is 5.91 Å². The van der Waals surface area contributed by atoms with Crippen LogP contribution >= 0.6 is 0 Å². The zero-order chi connectivity index (χ0) is 24.1. The van der Waals surface area contributed by atoms with Crippen LogP contribution < -0.4 is 0 Å². The molecule has 0 aliphatic carbocycles. The Morgan fingerprint density at radius 3 is 1.81 bits per heavy atom. The van der Waals surface area contributed by atoms with Crippen molar-refractivity contribution in [1.82, 2.24) is 9.80 Å². The van der Waals surface area contributed by atoms with Crippen LogP contribution in [0.4, 0.5) is 0 Å². The third-order valence-electron chi connectivity index (χ3n) is 6.31. The van der Waals surface area contributed by atoms with E-state index in [0.717, 1.165) is 58.3 Å². The summed E-state index contributed by atoms with van der Waals surface area (Å²) in [5, 5.41) is 0. The Balaban J connectivity index is 2.77. The summed E-state index contributed by atoms with van der Waals surface area (Å²) in [6.45, 7) is 21.3. The van der Waals surface area contributed by atoms with Gasteiger partial charge in [0, 0.05) is 38.6 Å². The largest absolute Gasteiger partial charge is 0.340 e. The van der Waals surface area contributed by atoms with E-state index in [-0.39, 0.29) is 5.92 Å². The molecule has 1 saturated heterocycles. The van der Waals surface area contributed by atoms with Gasteiger partial charge in [-0.3, -0.25) is 9.69 Å². The number of allylic oxidation sites excluding steroid dienone is 8. The lowest BCUT2D eigenvalue weighted by Crippen LogP contribution is -2.50. The van der Waals surface area contributed by atoms with E-state index in [1.807, 2.05) is 0 Å². The molecule has 32 heavy (non-hydrogen) atoms. The molecule has 0 N–H and O–H groups in total. The molecule has 182 valence electrons. The standard InChI is InChI=1S/C29H50N2O/c1-23(2)11-9-13-26(7)15-16-28(21-27(8)14-10-12-24(3)4)22-29(32)31-19-17-30(18-20-31)25(5)6/h11-12,15,21,25,28H,9-10,13-14,16-20,22H2,1-8H3/b26-15+,27-21+. The predicted octanol–water partition coefficient (Wildman–Crippen LogP) is 7.32. The zero-order valence-corrected chi connectivity index (χ0v) is 22.3. The third-order valence-corrected chi connectivity index (χ3v) is 6.31. The molecule has 0 saturated carbocycles. The van der Waals surface area contributed by atoms with Crippen molar-refractivity contribution in [2.75, 3.05) is 26.2 Å². The van der Waals surface area contributed by atoms with Gasteiger partial charge >= 0.3 is 0 Å². The van der Waals surface area contributed by atoms with Gasteiger partial charge in [-0.2, -0.15) is 0 Å². The van der Waals surface area contributed by atoms with Gasteiger partial charge in [-0.25, -0.2) is 0 Å². The summed E-state index contributed by atoms with van der Waals surface area (Å²) in [4.78, 5) is 17.7. The van der Waals surface area contributed by atoms with Crippen LogP contribution in [0.1, 0.15) is 93.9 Å².